The fourth-order valence-electron chi connectivity index (χ4n) is 6.50. The lowest BCUT2D eigenvalue weighted by atomic mass is 9.91. The van der Waals surface area contributed by atoms with Crippen molar-refractivity contribution in [1.29, 1.82) is 0 Å². The summed E-state index contributed by atoms with van der Waals surface area (Å²) in [7, 11) is 5.99. The van der Waals surface area contributed by atoms with Gasteiger partial charge in [0, 0.05) is 51.0 Å². The molecule has 1 unspecified atom stereocenters. The number of methoxy groups -OCH3 is 1. The van der Waals surface area contributed by atoms with E-state index in [4.69, 9.17) is 14.7 Å². The number of urea groups is 1. The number of carbonyl (C=O) groups is 1. The molecule has 222 valence electrons. The summed E-state index contributed by atoms with van der Waals surface area (Å²) < 4.78 is 7.61. The van der Waals surface area contributed by atoms with E-state index >= 15 is 0 Å². The van der Waals surface area contributed by atoms with Crippen LogP contribution in [0.1, 0.15) is 59.9 Å². The number of anilines is 1. The van der Waals surface area contributed by atoms with Crippen molar-refractivity contribution in [3.05, 3.63) is 77.1 Å². The molecule has 0 radical (unpaired) electrons. The van der Waals surface area contributed by atoms with Gasteiger partial charge in [0.25, 0.3) is 0 Å². The van der Waals surface area contributed by atoms with Crippen LogP contribution in [0.4, 0.5) is 10.5 Å². The van der Waals surface area contributed by atoms with Crippen LogP contribution in [0.2, 0.25) is 0 Å². The van der Waals surface area contributed by atoms with Crippen molar-refractivity contribution in [2.24, 2.45) is 0 Å². The molecule has 4 heterocycles. The van der Waals surface area contributed by atoms with Gasteiger partial charge in [0.2, 0.25) is 0 Å². The number of pyridine rings is 1. The number of likely N-dealkylation sites (N-methyl/N-ethyl adjacent to an activating group) is 1. The second-order valence-corrected chi connectivity index (χ2v) is 11.6. The van der Waals surface area contributed by atoms with Crippen molar-refractivity contribution in [3.63, 3.8) is 0 Å². The number of ether oxygens (including phenoxy) is 1. The minimum atomic E-state index is -0.247. The van der Waals surface area contributed by atoms with Crippen LogP contribution < -0.4 is 15.4 Å². The summed E-state index contributed by atoms with van der Waals surface area (Å²) in [6, 6.07) is 11.6. The number of hydrogen-bond acceptors (Lipinski definition) is 7. The summed E-state index contributed by atoms with van der Waals surface area (Å²) in [4.78, 5) is 30.3. The summed E-state index contributed by atoms with van der Waals surface area (Å²) in [5.41, 5.74) is 5.31. The Morgan fingerprint density at radius 1 is 1.14 bits per heavy atom. The van der Waals surface area contributed by atoms with E-state index in [1.807, 2.05) is 36.5 Å². The van der Waals surface area contributed by atoms with E-state index in [9.17, 15) is 4.79 Å². The average molecular weight is 571 g/mol. The molecular formula is C32H42N8O2. The molecule has 2 amide bonds. The fraction of sp³-hybridized carbons (Fsp3) is 0.469. The Morgan fingerprint density at radius 2 is 1.95 bits per heavy atom. The Morgan fingerprint density at radius 3 is 2.74 bits per heavy atom. The van der Waals surface area contributed by atoms with E-state index in [1.54, 1.807) is 7.11 Å². The molecule has 1 fully saturated rings. The van der Waals surface area contributed by atoms with Gasteiger partial charge >= 0.3 is 6.03 Å². The molecule has 0 spiro atoms. The summed E-state index contributed by atoms with van der Waals surface area (Å²) >= 11 is 0. The van der Waals surface area contributed by atoms with Crippen LogP contribution in [-0.4, -0.2) is 82.7 Å². The van der Waals surface area contributed by atoms with Crippen LogP contribution >= 0.6 is 0 Å². The highest BCUT2D eigenvalue weighted by Gasteiger charge is 2.32. The van der Waals surface area contributed by atoms with E-state index in [2.05, 4.69) is 62.2 Å². The van der Waals surface area contributed by atoms with Gasteiger partial charge in [-0.05, 0) is 75.3 Å². The number of amides is 2. The number of benzene rings is 1. The normalized spacial score (nSPS) is 20.7. The highest BCUT2D eigenvalue weighted by molar-refractivity contribution is 5.89. The van der Waals surface area contributed by atoms with E-state index < -0.39 is 0 Å². The molecule has 2 aliphatic heterocycles. The van der Waals surface area contributed by atoms with Gasteiger partial charge in [-0.15, -0.1) is 0 Å². The monoisotopic (exact) mass is 570 g/mol. The second-order valence-electron chi connectivity index (χ2n) is 11.6. The molecule has 10 heteroatoms. The van der Waals surface area contributed by atoms with E-state index in [-0.39, 0.29) is 18.2 Å². The highest BCUT2D eigenvalue weighted by atomic mass is 16.5. The standard InChI is InChI=1S/C32H42N8O2/c1-37-17-19-39(20-18-37)30-11-5-10-29-36-26(22-38(2)27-9-4-7-23-8-6-16-33-31(23)27)28(40(29)30)21-34-32(41)35-24-12-14-25(42-3)15-13-24/h5-6,8,10,12-16,27,30H,4,7,9,11,17-22H2,1-3H3,(H2,34,35,41)/t27-,30?/m0/s1. The quantitative estimate of drug-likeness (QED) is 0.418. The first kappa shape index (κ1) is 28.4. The summed E-state index contributed by atoms with van der Waals surface area (Å²) in [6.07, 6.45) is 10.7. The number of piperazine rings is 1. The third-order valence-corrected chi connectivity index (χ3v) is 8.85. The topological polar surface area (TPSA) is 90.8 Å². The lowest BCUT2D eigenvalue weighted by molar-refractivity contribution is 0.0741. The zero-order valence-corrected chi connectivity index (χ0v) is 24.9. The van der Waals surface area contributed by atoms with Crippen LogP contribution in [-0.2, 0) is 19.5 Å². The Kier molecular flexibility index (Phi) is 8.55. The van der Waals surface area contributed by atoms with Gasteiger partial charge in [-0.2, -0.15) is 0 Å². The number of nitrogens with one attached hydrogen (secondary N) is 2. The van der Waals surface area contributed by atoms with Crippen molar-refractivity contribution in [2.45, 2.75) is 51.0 Å². The number of fused-ring (bicyclic) bond motifs is 2. The summed E-state index contributed by atoms with van der Waals surface area (Å²) in [5, 5.41) is 6.08. The van der Waals surface area contributed by atoms with Gasteiger partial charge in [-0.3, -0.25) is 14.8 Å². The molecule has 2 atom stereocenters. The molecule has 10 nitrogen and oxygen atoms in total. The molecule has 2 N–H and O–H groups in total. The zero-order chi connectivity index (χ0) is 29.1. The maximum Gasteiger partial charge on any atom is 0.319 e. The largest absolute Gasteiger partial charge is 0.497 e. The summed E-state index contributed by atoms with van der Waals surface area (Å²) in [5.74, 6) is 1.71. The molecule has 2 aromatic heterocycles. The highest BCUT2D eigenvalue weighted by Crippen LogP contribution is 2.35. The van der Waals surface area contributed by atoms with Gasteiger partial charge in [0.1, 0.15) is 11.6 Å². The van der Waals surface area contributed by atoms with Gasteiger partial charge in [-0.1, -0.05) is 12.1 Å². The maximum atomic E-state index is 13.0. The molecule has 1 aromatic carbocycles. The number of hydrogen-bond donors (Lipinski definition) is 2. The van der Waals surface area contributed by atoms with Gasteiger partial charge in [0.05, 0.1) is 42.9 Å². The van der Waals surface area contributed by atoms with Crippen LogP contribution in [0.3, 0.4) is 0 Å². The van der Waals surface area contributed by atoms with E-state index in [0.717, 1.165) is 74.8 Å². The molecule has 0 bridgehead atoms. The third kappa shape index (κ3) is 6.06. The van der Waals surface area contributed by atoms with Crippen LogP contribution in [0.15, 0.2) is 48.7 Å². The zero-order valence-electron chi connectivity index (χ0n) is 24.9. The van der Waals surface area contributed by atoms with E-state index in [0.29, 0.717) is 18.8 Å². The molecule has 6 rings (SSSR count). The van der Waals surface area contributed by atoms with Gasteiger partial charge in [-0.25, -0.2) is 9.78 Å². The molecule has 3 aromatic rings. The minimum Gasteiger partial charge on any atom is -0.497 e. The smallest absolute Gasteiger partial charge is 0.319 e. The van der Waals surface area contributed by atoms with Gasteiger partial charge < -0.3 is 24.8 Å². The Labute approximate surface area is 248 Å². The Hall–Kier alpha value is -3.73. The predicted molar refractivity (Wildman–Crippen MR) is 164 cm³/mol. The van der Waals surface area contributed by atoms with Gasteiger partial charge in [0.15, 0.2) is 0 Å². The van der Waals surface area contributed by atoms with Crippen molar-refractivity contribution in [2.75, 3.05) is 52.7 Å². The van der Waals surface area contributed by atoms with Crippen molar-refractivity contribution >= 4 is 17.8 Å². The Bertz CT molecular complexity index is 1410. The molecule has 42 heavy (non-hydrogen) atoms. The van der Waals surface area contributed by atoms with E-state index in [1.165, 1.54) is 11.3 Å². The first-order valence-corrected chi connectivity index (χ1v) is 15.0. The predicted octanol–water partition coefficient (Wildman–Crippen LogP) is 4.28. The molecular weight excluding hydrogens is 528 g/mol. The third-order valence-electron chi connectivity index (χ3n) is 8.85. The molecule has 1 saturated heterocycles. The lowest BCUT2D eigenvalue weighted by Crippen LogP contribution is -2.48. The maximum absolute atomic E-state index is 13.0. The SMILES string of the molecule is COc1ccc(NC(=O)NCc2c(CN(C)[C@H]3CCCc4cccnc43)nc3n2C(N2CCN(C)CC2)CC=C3)cc1. The summed E-state index contributed by atoms with van der Waals surface area (Å²) in [6.45, 7) is 5.18. The van der Waals surface area contributed by atoms with Crippen molar-refractivity contribution in [1.82, 2.24) is 34.6 Å². The number of rotatable bonds is 8. The van der Waals surface area contributed by atoms with Crippen molar-refractivity contribution in [3.8, 4) is 5.75 Å². The lowest BCUT2D eigenvalue weighted by Gasteiger charge is -2.40. The average Bonchev–Trinajstić information content (AvgIpc) is 3.37. The number of aromatic nitrogens is 3. The molecule has 3 aliphatic rings. The molecule has 0 saturated carbocycles. The number of aryl methyl sites for hydroxylation is 1. The van der Waals surface area contributed by atoms with Crippen LogP contribution in [0, 0.1) is 0 Å². The Balaban J connectivity index is 1.26. The van der Waals surface area contributed by atoms with Crippen LogP contribution in [0.25, 0.3) is 6.08 Å². The number of imidazole rings is 1. The number of nitrogens with zero attached hydrogens (tertiary/aromatic N) is 6. The second kappa shape index (κ2) is 12.6. The van der Waals surface area contributed by atoms with Crippen LogP contribution in [0.5, 0.6) is 5.75 Å². The first-order valence-electron chi connectivity index (χ1n) is 15.0. The number of carbonyl (C=O) groups excluding carboxylic acids is 1. The van der Waals surface area contributed by atoms with Crippen molar-refractivity contribution < 1.29 is 9.53 Å². The molecule has 1 aliphatic carbocycles. The minimum absolute atomic E-state index is 0.184. The first-order chi connectivity index (χ1) is 20.5. The fourth-order valence-corrected chi connectivity index (χ4v) is 6.50.